The molecular weight excluding hydrogens is 276 g/mol. The molecule has 0 aliphatic carbocycles. The standard InChI is InChI=1S/C10H11ClN4O4/c1-12-9(16)5-14(2)10(17)6-3-8(11)13-4-7(6)15(18)19/h3-4H,5H2,1-2H3,(H,12,16). The highest BCUT2D eigenvalue weighted by atomic mass is 35.5. The van der Waals surface area contributed by atoms with Crippen LogP contribution in [0.3, 0.4) is 0 Å². The van der Waals surface area contributed by atoms with Gasteiger partial charge in [-0.25, -0.2) is 4.98 Å². The van der Waals surface area contributed by atoms with E-state index in [2.05, 4.69) is 10.3 Å². The molecule has 0 saturated carbocycles. The average Bonchev–Trinajstić information content (AvgIpc) is 2.36. The number of amides is 2. The van der Waals surface area contributed by atoms with Gasteiger partial charge in [0, 0.05) is 14.1 Å². The molecule has 0 aliphatic heterocycles. The van der Waals surface area contributed by atoms with Crippen LogP contribution in [-0.4, -0.2) is 47.3 Å². The zero-order valence-electron chi connectivity index (χ0n) is 10.2. The number of pyridine rings is 1. The molecule has 9 heteroatoms. The van der Waals surface area contributed by atoms with Crippen LogP contribution in [0.5, 0.6) is 0 Å². The summed E-state index contributed by atoms with van der Waals surface area (Å²) in [6, 6.07) is 1.10. The van der Waals surface area contributed by atoms with Gasteiger partial charge in [0.25, 0.3) is 11.6 Å². The Morgan fingerprint density at radius 1 is 1.58 bits per heavy atom. The number of carbonyl (C=O) groups is 2. The van der Waals surface area contributed by atoms with Gasteiger partial charge in [0.05, 0.1) is 11.5 Å². The van der Waals surface area contributed by atoms with Gasteiger partial charge in [-0.15, -0.1) is 0 Å². The molecule has 0 unspecified atom stereocenters. The van der Waals surface area contributed by atoms with E-state index in [0.29, 0.717) is 0 Å². The van der Waals surface area contributed by atoms with E-state index >= 15 is 0 Å². The lowest BCUT2D eigenvalue weighted by molar-refractivity contribution is -0.385. The van der Waals surface area contributed by atoms with Crippen molar-refractivity contribution in [1.82, 2.24) is 15.2 Å². The molecule has 1 heterocycles. The van der Waals surface area contributed by atoms with Gasteiger partial charge >= 0.3 is 0 Å². The second-order valence-electron chi connectivity index (χ2n) is 3.62. The van der Waals surface area contributed by atoms with Gasteiger partial charge in [-0.2, -0.15) is 0 Å². The minimum Gasteiger partial charge on any atom is -0.358 e. The molecule has 1 rings (SSSR count). The first-order chi connectivity index (χ1) is 8.86. The van der Waals surface area contributed by atoms with Crippen molar-refractivity contribution in [2.45, 2.75) is 0 Å². The van der Waals surface area contributed by atoms with Gasteiger partial charge in [0.1, 0.15) is 16.9 Å². The average molecular weight is 287 g/mol. The van der Waals surface area contributed by atoms with Gasteiger partial charge < -0.3 is 10.2 Å². The molecule has 1 N–H and O–H groups in total. The molecule has 0 atom stereocenters. The molecule has 0 spiro atoms. The van der Waals surface area contributed by atoms with Crippen LogP contribution < -0.4 is 5.32 Å². The van der Waals surface area contributed by atoms with E-state index in [0.717, 1.165) is 17.2 Å². The van der Waals surface area contributed by atoms with Crippen LogP contribution >= 0.6 is 11.6 Å². The van der Waals surface area contributed by atoms with E-state index in [4.69, 9.17) is 11.6 Å². The summed E-state index contributed by atoms with van der Waals surface area (Å²) in [7, 11) is 2.78. The zero-order valence-corrected chi connectivity index (χ0v) is 11.0. The van der Waals surface area contributed by atoms with Crippen molar-refractivity contribution in [3.8, 4) is 0 Å². The largest absolute Gasteiger partial charge is 0.358 e. The smallest absolute Gasteiger partial charge is 0.300 e. The molecular formula is C10H11ClN4O4. The van der Waals surface area contributed by atoms with Gasteiger partial charge in [-0.05, 0) is 6.07 Å². The summed E-state index contributed by atoms with van der Waals surface area (Å²) in [5.41, 5.74) is -0.672. The fraction of sp³-hybridized carbons (Fsp3) is 0.300. The fourth-order valence-corrected chi connectivity index (χ4v) is 1.47. The third-order valence-corrected chi connectivity index (χ3v) is 2.49. The number of rotatable bonds is 4. The van der Waals surface area contributed by atoms with Gasteiger partial charge in [-0.1, -0.05) is 11.6 Å². The second kappa shape index (κ2) is 6.10. The highest BCUT2D eigenvalue weighted by Crippen LogP contribution is 2.21. The second-order valence-corrected chi connectivity index (χ2v) is 4.00. The van der Waals surface area contributed by atoms with Crippen LogP contribution in [0.2, 0.25) is 5.15 Å². The van der Waals surface area contributed by atoms with E-state index in [9.17, 15) is 19.7 Å². The van der Waals surface area contributed by atoms with Gasteiger partial charge in [-0.3, -0.25) is 19.7 Å². The quantitative estimate of drug-likeness (QED) is 0.492. The molecule has 0 radical (unpaired) electrons. The molecule has 19 heavy (non-hydrogen) atoms. The number of hydrogen-bond acceptors (Lipinski definition) is 5. The summed E-state index contributed by atoms with van der Waals surface area (Å²) in [4.78, 5) is 37.9. The number of hydrogen-bond donors (Lipinski definition) is 1. The van der Waals surface area contributed by atoms with E-state index in [-0.39, 0.29) is 17.3 Å². The molecule has 0 saturated heterocycles. The topological polar surface area (TPSA) is 105 Å². The summed E-state index contributed by atoms with van der Waals surface area (Å²) in [5.74, 6) is -1.07. The molecule has 0 fully saturated rings. The first-order valence-corrected chi connectivity index (χ1v) is 5.50. The highest BCUT2D eigenvalue weighted by molar-refractivity contribution is 6.29. The molecule has 0 aliphatic rings. The van der Waals surface area contributed by atoms with Crippen molar-refractivity contribution >= 4 is 29.1 Å². The number of carbonyl (C=O) groups excluding carboxylic acids is 2. The van der Waals surface area contributed by atoms with Crippen molar-refractivity contribution < 1.29 is 14.5 Å². The zero-order chi connectivity index (χ0) is 14.6. The number of likely N-dealkylation sites (N-methyl/N-ethyl adjacent to an activating group) is 2. The third-order valence-electron chi connectivity index (χ3n) is 2.28. The fourth-order valence-electron chi connectivity index (χ4n) is 1.31. The normalized spacial score (nSPS) is 9.84. The predicted octanol–water partition coefficient (Wildman–Crippen LogP) is 0.461. The van der Waals surface area contributed by atoms with Crippen LogP contribution in [0.4, 0.5) is 5.69 Å². The summed E-state index contributed by atoms with van der Waals surface area (Å²) in [6.07, 6.45) is 0.906. The van der Waals surface area contributed by atoms with Crippen molar-refractivity contribution in [3.05, 3.63) is 33.1 Å². The lowest BCUT2D eigenvalue weighted by atomic mass is 10.2. The van der Waals surface area contributed by atoms with Crippen molar-refractivity contribution in [1.29, 1.82) is 0 Å². The molecule has 102 valence electrons. The van der Waals surface area contributed by atoms with Crippen LogP contribution in [0.25, 0.3) is 0 Å². The monoisotopic (exact) mass is 286 g/mol. The minimum absolute atomic E-state index is 0.0395. The Morgan fingerprint density at radius 2 is 2.21 bits per heavy atom. The maximum absolute atomic E-state index is 12.0. The Labute approximate surface area is 113 Å². The lowest BCUT2D eigenvalue weighted by Gasteiger charge is -2.15. The van der Waals surface area contributed by atoms with E-state index in [1.54, 1.807) is 0 Å². The highest BCUT2D eigenvalue weighted by Gasteiger charge is 2.24. The first-order valence-electron chi connectivity index (χ1n) is 5.12. The Hall–Kier alpha value is -2.22. The molecule has 0 aromatic carbocycles. The maximum Gasteiger partial charge on any atom is 0.300 e. The van der Waals surface area contributed by atoms with Crippen molar-refractivity contribution in [3.63, 3.8) is 0 Å². The van der Waals surface area contributed by atoms with E-state index in [1.165, 1.54) is 14.1 Å². The summed E-state index contributed by atoms with van der Waals surface area (Å²) in [5, 5.41) is 13.1. The Balaban J connectivity index is 3.07. The molecule has 2 amide bonds. The first kappa shape index (κ1) is 14.8. The Morgan fingerprint density at radius 3 is 2.74 bits per heavy atom. The minimum atomic E-state index is -0.732. The number of nitro groups is 1. The number of nitrogens with one attached hydrogen (secondary N) is 1. The van der Waals surface area contributed by atoms with Crippen molar-refractivity contribution in [2.24, 2.45) is 0 Å². The SMILES string of the molecule is CNC(=O)CN(C)C(=O)c1cc(Cl)ncc1[N+](=O)[O-]. The van der Waals surface area contributed by atoms with Crippen LogP contribution in [0, 0.1) is 10.1 Å². The van der Waals surface area contributed by atoms with Crippen LogP contribution in [0.1, 0.15) is 10.4 Å². The molecule has 8 nitrogen and oxygen atoms in total. The van der Waals surface area contributed by atoms with Gasteiger partial charge in [0.2, 0.25) is 5.91 Å². The van der Waals surface area contributed by atoms with E-state index in [1.807, 2.05) is 0 Å². The van der Waals surface area contributed by atoms with Crippen LogP contribution in [0.15, 0.2) is 12.3 Å². The van der Waals surface area contributed by atoms with Crippen LogP contribution in [-0.2, 0) is 4.79 Å². The summed E-state index contributed by atoms with van der Waals surface area (Å²) in [6.45, 7) is -0.216. The molecule has 1 aromatic rings. The molecule has 1 aromatic heterocycles. The van der Waals surface area contributed by atoms with Crippen molar-refractivity contribution in [2.75, 3.05) is 20.6 Å². The third kappa shape index (κ3) is 3.62. The van der Waals surface area contributed by atoms with E-state index < -0.39 is 22.4 Å². The number of aromatic nitrogens is 1. The van der Waals surface area contributed by atoms with Gasteiger partial charge in [0.15, 0.2) is 0 Å². The lowest BCUT2D eigenvalue weighted by Crippen LogP contribution is -2.37. The molecule has 0 bridgehead atoms. The Bertz CT molecular complexity index is 534. The maximum atomic E-state index is 12.0. The Kier molecular flexibility index (Phi) is 4.76. The summed E-state index contributed by atoms with van der Waals surface area (Å²) < 4.78 is 0. The number of nitrogens with zero attached hydrogens (tertiary/aromatic N) is 3. The summed E-state index contributed by atoms with van der Waals surface area (Å²) >= 11 is 5.62. The predicted molar refractivity (Wildman–Crippen MR) is 66.9 cm³/mol. The number of halogens is 1.